The molecule has 16 heavy (non-hydrogen) atoms. The highest BCUT2D eigenvalue weighted by Gasteiger charge is 2.57. The molecule has 1 aromatic carbocycles. The molecule has 0 saturated carbocycles. The van der Waals surface area contributed by atoms with Crippen LogP contribution < -0.4 is 4.90 Å². The number of rotatable bonds is 1. The number of nitrogens with zero attached hydrogens (tertiary/aromatic N) is 1. The molecule has 0 saturated heterocycles. The molecule has 1 amide bonds. The third-order valence-corrected chi connectivity index (χ3v) is 2.70. The molecule has 1 heterocycles. The van der Waals surface area contributed by atoms with Crippen LogP contribution in [0.15, 0.2) is 24.3 Å². The Bertz CT molecular complexity index is 474. The highest BCUT2D eigenvalue weighted by molar-refractivity contribution is 6.18. The molecule has 0 aliphatic carbocycles. The molecule has 4 nitrogen and oxygen atoms in total. The lowest BCUT2D eigenvalue weighted by molar-refractivity contribution is -0.159. The van der Waals surface area contributed by atoms with Crippen LogP contribution in [0.25, 0.3) is 0 Å². The van der Waals surface area contributed by atoms with Gasteiger partial charge in [-0.1, -0.05) is 18.2 Å². The van der Waals surface area contributed by atoms with Crippen molar-refractivity contribution in [2.75, 3.05) is 19.1 Å². The van der Waals surface area contributed by atoms with Gasteiger partial charge in [0.05, 0.1) is 12.8 Å². The van der Waals surface area contributed by atoms with Crippen LogP contribution in [0.2, 0.25) is 0 Å². The smallest absolute Gasteiger partial charge is 0.358 e. The van der Waals surface area contributed by atoms with Gasteiger partial charge in [0.25, 0.3) is 5.91 Å². The van der Waals surface area contributed by atoms with Crippen LogP contribution in [-0.2, 0) is 20.0 Å². The molecule has 5 heteroatoms. The number of benzene rings is 1. The lowest BCUT2D eigenvalue weighted by Crippen LogP contribution is -2.42. The van der Waals surface area contributed by atoms with Crippen molar-refractivity contribution in [2.24, 2.45) is 0 Å². The third kappa shape index (κ3) is 1.08. The minimum atomic E-state index is -2.71. The van der Waals surface area contributed by atoms with Crippen molar-refractivity contribution in [1.82, 2.24) is 0 Å². The zero-order valence-corrected chi connectivity index (χ0v) is 8.86. The maximum Gasteiger partial charge on any atom is 0.358 e. The summed E-state index contributed by atoms with van der Waals surface area (Å²) in [5.41, 5.74) is -2.28. The maximum atomic E-state index is 14.5. The fourth-order valence-corrected chi connectivity index (χ4v) is 1.85. The number of halogens is 1. The quantitative estimate of drug-likeness (QED) is 0.527. The van der Waals surface area contributed by atoms with E-state index >= 15 is 0 Å². The van der Waals surface area contributed by atoms with Crippen LogP contribution in [0.1, 0.15) is 5.56 Å². The molecule has 0 bridgehead atoms. The van der Waals surface area contributed by atoms with Gasteiger partial charge in [0.1, 0.15) is 0 Å². The van der Waals surface area contributed by atoms with Crippen LogP contribution in [0, 0.1) is 0 Å². The summed E-state index contributed by atoms with van der Waals surface area (Å²) in [6.07, 6.45) is 0. The second-order valence-electron chi connectivity index (χ2n) is 3.53. The Morgan fingerprint density at radius 3 is 2.69 bits per heavy atom. The van der Waals surface area contributed by atoms with Gasteiger partial charge in [0.2, 0.25) is 0 Å². The van der Waals surface area contributed by atoms with E-state index in [1.54, 1.807) is 18.2 Å². The summed E-state index contributed by atoms with van der Waals surface area (Å²) in [6, 6.07) is 6.24. The summed E-state index contributed by atoms with van der Waals surface area (Å²) in [5, 5.41) is 0. The number of fused-ring (bicyclic) bond motifs is 1. The van der Waals surface area contributed by atoms with E-state index in [4.69, 9.17) is 0 Å². The molecule has 1 atom stereocenters. The van der Waals surface area contributed by atoms with E-state index in [1.807, 2.05) is 0 Å². The van der Waals surface area contributed by atoms with Gasteiger partial charge in [-0.2, -0.15) is 0 Å². The minimum absolute atomic E-state index is 0.0364. The molecule has 2 rings (SSSR count). The average molecular weight is 223 g/mol. The van der Waals surface area contributed by atoms with E-state index in [-0.39, 0.29) is 5.56 Å². The number of ether oxygens (including phenoxy) is 1. The molecule has 0 aromatic heterocycles. The van der Waals surface area contributed by atoms with Crippen molar-refractivity contribution < 1.29 is 18.7 Å². The Morgan fingerprint density at radius 1 is 1.44 bits per heavy atom. The molecule has 1 aromatic rings. The first-order chi connectivity index (χ1) is 7.53. The summed E-state index contributed by atoms with van der Waals surface area (Å²) in [7, 11) is 2.48. The Morgan fingerprint density at radius 2 is 2.06 bits per heavy atom. The van der Waals surface area contributed by atoms with Crippen LogP contribution in [0.4, 0.5) is 10.1 Å². The first kappa shape index (κ1) is 10.6. The van der Waals surface area contributed by atoms with E-state index in [0.29, 0.717) is 5.69 Å². The van der Waals surface area contributed by atoms with Crippen molar-refractivity contribution in [3.63, 3.8) is 0 Å². The predicted molar refractivity (Wildman–Crippen MR) is 54.7 cm³/mol. The molecule has 1 unspecified atom stereocenters. The average Bonchev–Trinajstić information content (AvgIpc) is 2.52. The Kier molecular flexibility index (Phi) is 2.18. The van der Waals surface area contributed by atoms with Gasteiger partial charge in [0.15, 0.2) is 0 Å². The van der Waals surface area contributed by atoms with Gasteiger partial charge in [-0.25, -0.2) is 9.18 Å². The van der Waals surface area contributed by atoms with Crippen LogP contribution >= 0.6 is 0 Å². The second kappa shape index (κ2) is 3.30. The molecule has 0 radical (unpaired) electrons. The SMILES string of the molecule is COC(=O)C1(F)C(=O)N(C)c2ccccc21. The number of likely N-dealkylation sites (N-methyl/N-ethyl adjacent to an activating group) is 1. The zero-order chi connectivity index (χ0) is 11.9. The van der Waals surface area contributed by atoms with Crippen molar-refractivity contribution in [3.05, 3.63) is 29.8 Å². The Hall–Kier alpha value is -1.91. The van der Waals surface area contributed by atoms with Gasteiger partial charge in [0, 0.05) is 12.6 Å². The summed E-state index contributed by atoms with van der Waals surface area (Å²) in [4.78, 5) is 24.3. The van der Waals surface area contributed by atoms with Gasteiger partial charge in [-0.3, -0.25) is 4.79 Å². The van der Waals surface area contributed by atoms with E-state index in [1.165, 1.54) is 13.1 Å². The number of hydrogen-bond acceptors (Lipinski definition) is 3. The number of hydrogen-bond donors (Lipinski definition) is 0. The Balaban J connectivity index is 2.65. The highest BCUT2D eigenvalue weighted by Crippen LogP contribution is 2.42. The number of anilines is 1. The van der Waals surface area contributed by atoms with Crippen molar-refractivity contribution in [1.29, 1.82) is 0 Å². The van der Waals surface area contributed by atoms with Crippen molar-refractivity contribution in [3.8, 4) is 0 Å². The van der Waals surface area contributed by atoms with Crippen molar-refractivity contribution >= 4 is 17.6 Å². The second-order valence-corrected chi connectivity index (χ2v) is 3.53. The molecule has 0 spiro atoms. The highest BCUT2D eigenvalue weighted by atomic mass is 19.1. The summed E-state index contributed by atoms with van der Waals surface area (Å²) >= 11 is 0. The van der Waals surface area contributed by atoms with Crippen molar-refractivity contribution in [2.45, 2.75) is 5.67 Å². The van der Waals surface area contributed by atoms with Gasteiger partial charge >= 0.3 is 11.6 Å². The fourth-order valence-electron chi connectivity index (χ4n) is 1.85. The summed E-state index contributed by atoms with van der Waals surface area (Å²) in [5.74, 6) is -2.10. The van der Waals surface area contributed by atoms with E-state index in [2.05, 4.69) is 4.74 Å². The summed E-state index contributed by atoms with van der Waals surface area (Å²) < 4.78 is 18.8. The maximum absolute atomic E-state index is 14.5. The van der Waals surface area contributed by atoms with Crippen LogP contribution in [0.5, 0.6) is 0 Å². The number of carbonyl (C=O) groups is 2. The number of para-hydroxylation sites is 1. The van der Waals surface area contributed by atoms with Gasteiger partial charge in [-0.05, 0) is 6.07 Å². The molecular weight excluding hydrogens is 213 g/mol. The molecule has 84 valence electrons. The van der Waals surface area contributed by atoms with E-state index in [0.717, 1.165) is 12.0 Å². The largest absolute Gasteiger partial charge is 0.466 e. The molecule has 1 aliphatic rings. The molecule has 0 fully saturated rings. The lowest BCUT2D eigenvalue weighted by Gasteiger charge is -2.15. The van der Waals surface area contributed by atoms with E-state index < -0.39 is 17.5 Å². The van der Waals surface area contributed by atoms with E-state index in [9.17, 15) is 14.0 Å². The van der Waals surface area contributed by atoms with Gasteiger partial charge < -0.3 is 9.64 Å². The fraction of sp³-hybridized carbons (Fsp3) is 0.273. The van der Waals surface area contributed by atoms with Crippen LogP contribution in [-0.4, -0.2) is 26.0 Å². The molecular formula is C11H10FNO3. The van der Waals surface area contributed by atoms with Crippen LogP contribution in [0.3, 0.4) is 0 Å². The molecule has 1 aliphatic heterocycles. The predicted octanol–water partition coefficient (Wildman–Crippen LogP) is 1.00. The first-order valence-electron chi connectivity index (χ1n) is 4.68. The minimum Gasteiger partial charge on any atom is -0.466 e. The number of carbonyl (C=O) groups excluding carboxylic acids is 2. The third-order valence-electron chi connectivity index (χ3n) is 2.70. The number of esters is 1. The Labute approximate surface area is 91.6 Å². The normalized spacial score (nSPS) is 23.2. The number of amides is 1. The zero-order valence-electron chi connectivity index (χ0n) is 8.86. The lowest BCUT2D eigenvalue weighted by atomic mass is 9.98. The summed E-state index contributed by atoms with van der Waals surface area (Å²) in [6.45, 7) is 0. The number of methoxy groups -OCH3 is 1. The first-order valence-corrected chi connectivity index (χ1v) is 4.68. The van der Waals surface area contributed by atoms with Gasteiger partial charge in [-0.15, -0.1) is 0 Å². The standard InChI is InChI=1S/C11H10FNO3/c1-13-8-6-4-3-5-7(8)11(12,9(13)14)10(15)16-2/h3-6H,1-2H3. The topological polar surface area (TPSA) is 46.6 Å². The number of alkyl halides is 1. The monoisotopic (exact) mass is 223 g/mol. The molecule has 0 N–H and O–H groups in total.